The SMILES string of the molecule is C[C@H]1C(=O)OC2C(O)C34C5OC(=O)C3(OC3OC(=O)[C@H](O)C34C(C(C)(C)C)[C@H]5O)[C@H]21. The summed E-state index contributed by atoms with van der Waals surface area (Å²) >= 11 is 0. The molecule has 0 amide bonds. The fraction of sp³-hybridized carbons (Fsp3) is 0.850. The van der Waals surface area contributed by atoms with E-state index in [1.165, 1.54) is 0 Å². The second kappa shape index (κ2) is 4.85. The lowest BCUT2D eigenvalue weighted by molar-refractivity contribution is -0.208. The van der Waals surface area contributed by atoms with Crippen LogP contribution < -0.4 is 0 Å². The van der Waals surface area contributed by atoms with Gasteiger partial charge in [-0.15, -0.1) is 0 Å². The van der Waals surface area contributed by atoms with E-state index >= 15 is 0 Å². The number of rotatable bonds is 0. The molecule has 0 aromatic rings. The number of hydrogen-bond donors (Lipinski definition) is 3. The van der Waals surface area contributed by atoms with Crippen LogP contribution in [-0.2, 0) is 33.3 Å². The molecule has 4 heterocycles. The second-order valence-electron chi connectivity index (χ2n) is 10.6. The van der Waals surface area contributed by atoms with E-state index in [0.717, 1.165) is 0 Å². The van der Waals surface area contributed by atoms with E-state index in [1.54, 1.807) is 6.92 Å². The van der Waals surface area contributed by atoms with Crippen LogP contribution in [-0.4, -0.2) is 75.6 Å². The summed E-state index contributed by atoms with van der Waals surface area (Å²) in [5.74, 6) is -4.90. The second-order valence-corrected chi connectivity index (χ2v) is 10.6. The number of aliphatic hydroxyl groups excluding tert-OH is 3. The molecule has 0 aromatic carbocycles. The molecule has 0 aromatic heterocycles. The minimum Gasteiger partial charge on any atom is -0.459 e. The third kappa shape index (κ3) is 1.40. The zero-order valence-corrected chi connectivity index (χ0v) is 16.9. The number of carbonyl (C=O) groups excluding carboxylic acids is 3. The van der Waals surface area contributed by atoms with E-state index in [0.29, 0.717) is 0 Å². The van der Waals surface area contributed by atoms with E-state index in [2.05, 4.69) is 0 Å². The van der Waals surface area contributed by atoms with Crippen molar-refractivity contribution in [3.05, 3.63) is 0 Å². The molecule has 30 heavy (non-hydrogen) atoms. The van der Waals surface area contributed by atoms with Crippen LogP contribution in [0.25, 0.3) is 0 Å². The monoisotopic (exact) mass is 424 g/mol. The summed E-state index contributed by atoms with van der Waals surface area (Å²) in [7, 11) is 0. The van der Waals surface area contributed by atoms with Crippen molar-refractivity contribution in [2.24, 2.45) is 34.0 Å². The van der Waals surface area contributed by atoms with Gasteiger partial charge < -0.3 is 34.3 Å². The predicted molar refractivity (Wildman–Crippen MR) is 91.9 cm³/mol. The van der Waals surface area contributed by atoms with Crippen molar-refractivity contribution in [3.63, 3.8) is 0 Å². The standard InChI is InChI=1S/C20H24O10/c1-5-6-8(27-13(5)24)10(22)19-12-7(21)9(17(2,3)4)18(19)11(23)14(25)29-16(18)30-20(6,19)15(26)28-12/h5-12,16,21-23H,1-4H3/t5-,6+,7-,8?,9?,10?,11+,12?,16?,18?,19?,20?/m1/s1. The van der Waals surface area contributed by atoms with Gasteiger partial charge in [-0.2, -0.15) is 0 Å². The summed E-state index contributed by atoms with van der Waals surface area (Å²) in [6.45, 7) is 7.05. The van der Waals surface area contributed by atoms with Crippen LogP contribution in [0.2, 0.25) is 0 Å². The molecule has 10 nitrogen and oxygen atoms in total. The number of fused-ring (bicyclic) bond motifs is 1. The quantitative estimate of drug-likeness (QED) is 0.309. The van der Waals surface area contributed by atoms with Gasteiger partial charge in [-0.05, 0) is 5.41 Å². The normalized spacial score (nSPS) is 60.1. The molecule has 10 heteroatoms. The minimum absolute atomic E-state index is 0.581. The van der Waals surface area contributed by atoms with Gasteiger partial charge in [0.25, 0.3) is 0 Å². The molecule has 6 rings (SSSR count). The predicted octanol–water partition coefficient (Wildman–Crippen LogP) is -1.51. The highest BCUT2D eigenvalue weighted by atomic mass is 16.7. The van der Waals surface area contributed by atoms with Gasteiger partial charge in [-0.3, -0.25) is 4.79 Å². The van der Waals surface area contributed by atoms with Gasteiger partial charge in [0.05, 0.1) is 28.8 Å². The summed E-state index contributed by atoms with van der Waals surface area (Å²) < 4.78 is 22.7. The van der Waals surface area contributed by atoms with Crippen molar-refractivity contribution in [3.8, 4) is 0 Å². The van der Waals surface area contributed by atoms with Gasteiger partial charge in [0.2, 0.25) is 6.29 Å². The lowest BCUT2D eigenvalue weighted by Gasteiger charge is -2.47. The number of hydrogen-bond acceptors (Lipinski definition) is 10. The summed E-state index contributed by atoms with van der Waals surface area (Å²) in [4.78, 5) is 38.2. The Labute approximate surface area is 171 Å². The van der Waals surface area contributed by atoms with Crippen molar-refractivity contribution >= 4 is 17.9 Å². The van der Waals surface area contributed by atoms with E-state index in [9.17, 15) is 29.7 Å². The Morgan fingerprint density at radius 2 is 1.63 bits per heavy atom. The van der Waals surface area contributed by atoms with Gasteiger partial charge in [-0.25, -0.2) is 9.59 Å². The Morgan fingerprint density at radius 3 is 2.27 bits per heavy atom. The van der Waals surface area contributed by atoms with Crippen molar-refractivity contribution in [1.29, 1.82) is 0 Å². The Balaban J connectivity index is 1.71. The maximum Gasteiger partial charge on any atom is 0.340 e. The molecule has 6 fully saturated rings. The molecular weight excluding hydrogens is 400 g/mol. The number of carbonyl (C=O) groups is 3. The lowest BCUT2D eigenvalue weighted by Crippen LogP contribution is -2.63. The Kier molecular flexibility index (Phi) is 3.06. The Morgan fingerprint density at radius 1 is 0.967 bits per heavy atom. The minimum atomic E-state index is -1.89. The molecule has 2 aliphatic carbocycles. The van der Waals surface area contributed by atoms with Crippen LogP contribution in [0.15, 0.2) is 0 Å². The van der Waals surface area contributed by atoms with E-state index in [4.69, 9.17) is 18.9 Å². The van der Waals surface area contributed by atoms with Gasteiger partial charge in [0.15, 0.2) is 11.7 Å². The van der Waals surface area contributed by atoms with E-state index in [-0.39, 0.29) is 0 Å². The molecule has 2 spiro atoms. The van der Waals surface area contributed by atoms with Crippen LogP contribution in [0.1, 0.15) is 27.7 Å². The van der Waals surface area contributed by atoms with Crippen molar-refractivity contribution in [2.45, 2.75) is 70.1 Å². The molecule has 8 unspecified atom stereocenters. The largest absolute Gasteiger partial charge is 0.459 e. The highest BCUT2D eigenvalue weighted by molar-refractivity contribution is 5.92. The highest BCUT2D eigenvalue weighted by Gasteiger charge is 3.01. The van der Waals surface area contributed by atoms with Crippen molar-refractivity contribution in [1.82, 2.24) is 0 Å². The van der Waals surface area contributed by atoms with Gasteiger partial charge in [0.1, 0.15) is 18.3 Å². The number of ether oxygens (including phenoxy) is 4. The van der Waals surface area contributed by atoms with Crippen LogP contribution in [0.3, 0.4) is 0 Å². The fourth-order valence-electron chi connectivity index (χ4n) is 8.28. The molecule has 4 aliphatic heterocycles. The van der Waals surface area contributed by atoms with Crippen molar-refractivity contribution < 1.29 is 48.7 Å². The molecule has 0 bridgehead atoms. The van der Waals surface area contributed by atoms with Gasteiger partial charge in [0, 0.05) is 5.92 Å². The fourth-order valence-corrected chi connectivity index (χ4v) is 8.28. The zero-order chi connectivity index (χ0) is 21.8. The van der Waals surface area contributed by atoms with Gasteiger partial charge >= 0.3 is 17.9 Å². The summed E-state index contributed by atoms with van der Waals surface area (Å²) in [6.07, 6.45) is -8.29. The third-order valence-corrected chi connectivity index (χ3v) is 8.76. The van der Waals surface area contributed by atoms with Crippen molar-refractivity contribution in [2.75, 3.05) is 0 Å². The van der Waals surface area contributed by atoms with Crippen LogP contribution in [0.4, 0.5) is 0 Å². The number of aliphatic hydroxyl groups is 3. The lowest BCUT2D eigenvalue weighted by atomic mass is 9.51. The number of esters is 3. The summed E-state index contributed by atoms with van der Waals surface area (Å²) in [5.41, 5.74) is -5.96. The molecular formula is C20H24O10. The molecule has 3 N–H and O–H groups in total. The molecule has 0 radical (unpaired) electrons. The Hall–Kier alpha value is -1.75. The van der Waals surface area contributed by atoms with E-state index in [1.807, 2.05) is 20.8 Å². The van der Waals surface area contributed by atoms with Gasteiger partial charge in [-0.1, -0.05) is 27.7 Å². The zero-order valence-electron chi connectivity index (χ0n) is 16.9. The van der Waals surface area contributed by atoms with E-state index < -0.39 is 94.3 Å². The maximum absolute atomic E-state index is 13.3. The topological polar surface area (TPSA) is 149 Å². The maximum atomic E-state index is 13.3. The molecule has 2 saturated carbocycles. The first-order valence-corrected chi connectivity index (χ1v) is 10.2. The summed E-state index contributed by atoms with van der Waals surface area (Å²) in [6, 6.07) is 0. The average molecular weight is 424 g/mol. The van der Waals surface area contributed by atoms with Crippen LogP contribution in [0, 0.1) is 34.0 Å². The third-order valence-electron chi connectivity index (χ3n) is 8.76. The smallest absolute Gasteiger partial charge is 0.340 e. The Bertz CT molecular complexity index is 910. The van der Waals surface area contributed by atoms with Crippen LogP contribution in [0.5, 0.6) is 0 Å². The summed E-state index contributed by atoms with van der Waals surface area (Å²) in [5, 5.41) is 34.2. The molecule has 4 saturated heterocycles. The first kappa shape index (κ1) is 19.0. The molecule has 164 valence electrons. The highest BCUT2D eigenvalue weighted by Crippen LogP contribution is 2.83. The first-order chi connectivity index (χ1) is 13.9. The molecule has 12 atom stereocenters. The first-order valence-electron chi connectivity index (χ1n) is 10.2. The van der Waals surface area contributed by atoms with Crippen LogP contribution >= 0.6 is 0 Å². The molecule has 6 aliphatic rings. The average Bonchev–Trinajstić information content (AvgIpc) is 3.34.